The second-order valence-electron chi connectivity index (χ2n) is 8.78. The van der Waals surface area contributed by atoms with Crippen LogP contribution in [0, 0.1) is 6.92 Å². The molecule has 1 saturated heterocycles. The van der Waals surface area contributed by atoms with Gasteiger partial charge in [0, 0.05) is 60.2 Å². The Morgan fingerprint density at radius 3 is 2.79 bits per heavy atom. The summed E-state index contributed by atoms with van der Waals surface area (Å²) in [4.78, 5) is 33.3. The molecule has 1 aromatic carbocycles. The van der Waals surface area contributed by atoms with Crippen LogP contribution in [0.25, 0.3) is 10.1 Å². The first-order valence-electron chi connectivity index (χ1n) is 11.5. The zero-order valence-corrected chi connectivity index (χ0v) is 21.4. The molecule has 0 unspecified atom stereocenters. The number of rotatable bonds is 5. The van der Waals surface area contributed by atoms with Crippen molar-refractivity contribution in [3.63, 3.8) is 0 Å². The number of aromatic amines is 1. The number of hydrogen-bond acceptors (Lipinski definition) is 6. The summed E-state index contributed by atoms with van der Waals surface area (Å²) in [5, 5.41) is 1.78. The van der Waals surface area contributed by atoms with Gasteiger partial charge in [-0.1, -0.05) is 23.2 Å². The number of benzene rings is 1. The average Bonchev–Trinajstić information content (AvgIpc) is 3.32. The molecule has 34 heavy (non-hydrogen) atoms. The van der Waals surface area contributed by atoms with E-state index in [1.165, 1.54) is 11.5 Å². The Hall–Kier alpha value is -2.13. The second-order valence-corrected chi connectivity index (χ2v) is 10.4. The largest absolute Gasteiger partial charge is 0.381 e. The molecule has 5 rings (SSSR count). The number of aromatic nitrogens is 2. The number of anilines is 1. The number of hydrogen-bond donors (Lipinski definition) is 1. The van der Waals surface area contributed by atoms with E-state index in [4.69, 9.17) is 27.9 Å². The minimum Gasteiger partial charge on any atom is -0.381 e. The third-order valence-corrected chi connectivity index (χ3v) is 8.51. The fourth-order valence-corrected chi connectivity index (χ4v) is 6.48. The first kappa shape index (κ1) is 23.6. The van der Waals surface area contributed by atoms with Crippen molar-refractivity contribution in [2.75, 3.05) is 31.2 Å². The van der Waals surface area contributed by atoms with E-state index >= 15 is 0 Å². The number of carbonyl (C=O) groups excluding carboxylic acids is 1. The van der Waals surface area contributed by atoms with E-state index in [9.17, 15) is 9.59 Å². The highest BCUT2D eigenvalue weighted by molar-refractivity contribution is 7.13. The van der Waals surface area contributed by atoms with Gasteiger partial charge in [-0.05, 0) is 56.3 Å². The first-order valence-corrected chi connectivity index (χ1v) is 13.0. The number of aryl methyl sites for hydroxylation is 1. The summed E-state index contributed by atoms with van der Waals surface area (Å²) in [5.74, 6) is -0.200. The average molecular weight is 521 g/mol. The Bertz CT molecular complexity index is 1320. The maximum absolute atomic E-state index is 13.7. The highest BCUT2D eigenvalue weighted by Crippen LogP contribution is 2.41. The maximum atomic E-state index is 13.7. The molecule has 0 aliphatic carbocycles. The molecule has 0 spiro atoms. The molecule has 4 heterocycles. The van der Waals surface area contributed by atoms with Crippen molar-refractivity contribution < 1.29 is 9.53 Å². The van der Waals surface area contributed by atoms with Gasteiger partial charge in [-0.3, -0.25) is 9.59 Å². The predicted molar refractivity (Wildman–Crippen MR) is 137 cm³/mol. The fraction of sp³-hybridized carbons (Fsp3) is 0.458. The molecule has 2 aromatic heterocycles. The van der Waals surface area contributed by atoms with Gasteiger partial charge in [-0.25, -0.2) is 0 Å². The van der Waals surface area contributed by atoms with Crippen molar-refractivity contribution in [2.24, 2.45) is 0 Å². The molecule has 7 nitrogen and oxygen atoms in total. The molecule has 10 heteroatoms. The molecular weight excluding hydrogens is 495 g/mol. The van der Waals surface area contributed by atoms with Gasteiger partial charge in [-0.15, -0.1) is 0 Å². The molecule has 2 aliphatic heterocycles. The maximum Gasteiger partial charge on any atom is 0.256 e. The van der Waals surface area contributed by atoms with Crippen LogP contribution in [-0.4, -0.2) is 52.5 Å². The molecule has 2 aliphatic rings. The Balaban J connectivity index is 1.52. The van der Waals surface area contributed by atoms with E-state index in [1.807, 2.05) is 13.0 Å². The third-order valence-electron chi connectivity index (χ3n) is 6.87. The lowest BCUT2D eigenvalue weighted by Gasteiger charge is -2.37. The van der Waals surface area contributed by atoms with Crippen LogP contribution in [0.1, 0.15) is 46.9 Å². The number of pyridine rings is 1. The smallest absolute Gasteiger partial charge is 0.256 e. The van der Waals surface area contributed by atoms with E-state index in [2.05, 4.69) is 21.2 Å². The summed E-state index contributed by atoms with van der Waals surface area (Å²) in [6, 6.07) is 2.18. The van der Waals surface area contributed by atoms with Crippen LogP contribution in [0.2, 0.25) is 10.0 Å². The minimum atomic E-state index is -0.200. The van der Waals surface area contributed by atoms with Crippen molar-refractivity contribution in [3.05, 3.63) is 55.0 Å². The molecule has 1 N–H and O–H groups in total. The summed E-state index contributed by atoms with van der Waals surface area (Å²) in [5.41, 5.74) is 3.14. The normalized spacial score (nSPS) is 16.8. The highest BCUT2D eigenvalue weighted by Gasteiger charge is 2.33. The van der Waals surface area contributed by atoms with Crippen molar-refractivity contribution in [1.82, 2.24) is 14.3 Å². The quantitative estimate of drug-likeness (QED) is 0.522. The van der Waals surface area contributed by atoms with Crippen LogP contribution in [0.4, 0.5) is 5.69 Å². The van der Waals surface area contributed by atoms with E-state index in [0.717, 1.165) is 46.4 Å². The van der Waals surface area contributed by atoms with Gasteiger partial charge in [0.05, 0.1) is 27.5 Å². The SMILES string of the molecule is CCN(c1cc(Cl)c2c(c1Cl)C(=O)N(Cc1c(=O)[nH]c(C)c3sncc13)CC2)C1CCOCC1. The summed E-state index contributed by atoms with van der Waals surface area (Å²) >= 11 is 15.0. The number of H-pyrrole nitrogens is 1. The molecule has 1 fully saturated rings. The first-order chi connectivity index (χ1) is 16.4. The standard InChI is InChI=1S/C24H26Cl2N4O3S/c1-3-30(14-5-8-33-9-6-14)19-10-18(25)15-4-7-29(24(32)20(15)21(19)26)12-17-16-11-27-34-22(16)13(2)28-23(17)31/h10-11,14H,3-9,12H2,1-2H3,(H,28,31). The molecule has 0 radical (unpaired) electrons. The summed E-state index contributed by atoms with van der Waals surface area (Å²) < 4.78 is 10.7. The molecule has 0 bridgehead atoms. The van der Waals surface area contributed by atoms with Gasteiger partial charge < -0.3 is 19.5 Å². The Labute approximate surface area is 211 Å². The number of nitrogens with zero attached hydrogens (tertiary/aromatic N) is 3. The van der Waals surface area contributed by atoms with Gasteiger partial charge in [0.1, 0.15) is 0 Å². The monoisotopic (exact) mass is 520 g/mol. The molecule has 0 saturated carbocycles. The van der Waals surface area contributed by atoms with Crippen molar-refractivity contribution >= 4 is 56.4 Å². The lowest BCUT2D eigenvalue weighted by molar-refractivity contribution is 0.0727. The van der Waals surface area contributed by atoms with Crippen LogP contribution in [0.15, 0.2) is 17.1 Å². The summed E-state index contributed by atoms with van der Waals surface area (Å²) in [6.07, 6.45) is 4.09. The van der Waals surface area contributed by atoms with Gasteiger partial charge >= 0.3 is 0 Å². The summed E-state index contributed by atoms with van der Waals surface area (Å²) in [6.45, 7) is 6.76. The van der Waals surface area contributed by atoms with E-state index in [-0.39, 0.29) is 24.1 Å². The van der Waals surface area contributed by atoms with Crippen LogP contribution in [0.3, 0.4) is 0 Å². The lowest BCUT2D eigenvalue weighted by Crippen LogP contribution is -2.41. The van der Waals surface area contributed by atoms with E-state index < -0.39 is 0 Å². The van der Waals surface area contributed by atoms with Crippen molar-refractivity contribution in [3.8, 4) is 0 Å². The second kappa shape index (κ2) is 9.49. The van der Waals surface area contributed by atoms with Gasteiger partial charge in [0.2, 0.25) is 0 Å². The van der Waals surface area contributed by atoms with Crippen LogP contribution < -0.4 is 10.5 Å². The molecule has 3 aromatic rings. The number of amides is 1. The van der Waals surface area contributed by atoms with E-state index in [1.54, 1.807) is 11.1 Å². The zero-order chi connectivity index (χ0) is 24.0. The summed E-state index contributed by atoms with van der Waals surface area (Å²) in [7, 11) is 0. The number of fused-ring (bicyclic) bond motifs is 2. The minimum absolute atomic E-state index is 0.193. The zero-order valence-electron chi connectivity index (χ0n) is 19.1. The van der Waals surface area contributed by atoms with Crippen LogP contribution in [-0.2, 0) is 17.7 Å². The van der Waals surface area contributed by atoms with Crippen molar-refractivity contribution in [1.29, 1.82) is 0 Å². The Kier molecular flexibility index (Phi) is 6.59. The molecule has 0 atom stereocenters. The lowest BCUT2D eigenvalue weighted by atomic mass is 9.96. The van der Waals surface area contributed by atoms with E-state index in [0.29, 0.717) is 47.4 Å². The van der Waals surface area contributed by atoms with Crippen LogP contribution >= 0.6 is 34.7 Å². The van der Waals surface area contributed by atoms with Crippen molar-refractivity contribution in [2.45, 2.75) is 45.7 Å². The fourth-order valence-electron chi connectivity index (χ4n) is 5.10. The van der Waals surface area contributed by atoms with Gasteiger partial charge in [0.15, 0.2) is 0 Å². The predicted octanol–water partition coefficient (Wildman–Crippen LogP) is 4.80. The highest BCUT2D eigenvalue weighted by atomic mass is 35.5. The molecule has 1 amide bonds. The van der Waals surface area contributed by atoms with Gasteiger partial charge in [0.25, 0.3) is 11.5 Å². The van der Waals surface area contributed by atoms with Gasteiger partial charge in [-0.2, -0.15) is 4.37 Å². The third kappa shape index (κ3) is 4.00. The number of nitrogens with one attached hydrogen (secondary N) is 1. The number of carbonyl (C=O) groups is 1. The van der Waals surface area contributed by atoms with Crippen LogP contribution in [0.5, 0.6) is 0 Å². The Morgan fingerprint density at radius 2 is 2.06 bits per heavy atom. The molecular formula is C24H26Cl2N4O3S. The number of ether oxygens (including phenoxy) is 1. The topological polar surface area (TPSA) is 78.5 Å². The molecule has 180 valence electrons. The Morgan fingerprint density at radius 1 is 1.29 bits per heavy atom. The number of halogens is 2.